The van der Waals surface area contributed by atoms with E-state index in [9.17, 15) is 4.79 Å². The molecule has 140 valence electrons. The Morgan fingerprint density at radius 3 is 2.84 bits per heavy atom. The van der Waals surface area contributed by atoms with Crippen LogP contribution in [0.5, 0.6) is 0 Å². The van der Waals surface area contributed by atoms with Gasteiger partial charge < -0.3 is 15.5 Å². The van der Waals surface area contributed by atoms with Crippen LogP contribution in [0.1, 0.15) is 37.3 Å². The van der Waals surface area contributed by atoms with Gasteiger partial charge in [0.05, 0.1) is 0 Å². The standard InChI is InChI=1S/C19H30N4O.HI/c1-15-6-4-8-17(12-15)13-22-19(20-3)21-10-9-18(24)23-11-5-7-16(2)14-23;/h4,6,8,12,16H,5,7,9-11,13-14H2,1-3H3,(H2,20,21,22);1H. The number of rotatable bonds is 5. The van der Waals surface area contributed by atoms with Crippen LogP contribution in [0.4, 0.5) is 0 Å². The zero-order chi connectivity index (χ0) is 17.4. The number of halogens is 1. The number of benzene rings is 1. The number of amides is 1. The molecule has 25 heavy (non-hydrogen) atoms. The first-order chi connectivity index (χ1) is 11.6. The van der Waals surface area contributed by atoms with Gasteiger partial charge in [-0.15, -0.1) is 24.0 Å². The number of piperidine rings is 1. The summed E-state index contributed by atoms with van der Waals surface area (Å²) in [5.41, 5.74) is 2.47. The molecule has 1 atom stereocenters. The number of nitrogens with one attached hydrogen (secondary N) is 2. The van der Waals surface area contributed by atoms with Crippen molar-refractivity contribution in [1.82, 2.24) is 15.5 Å². The van der Waals surface area contributed by atoms with Crippen molar-refractivity contribution in [2.24, 2.45) is 10.9 Å². The Kier molecular flexibility index (Phi) is 9.85. The lowest BCUT2D eigenvalue weighted by molar-refractivity contribution is -0.132. The van der Waals surface area contributed by atoms with Crippen LogP contribution >= 0.6 is 24.0 Å². The van der Waals surface area contributed by atoms with Gasteiger partial charge in [0.15, 0.2) is 5.96 Å². The van der Waals surface area contributed by atoms with E-state index < -0.39 is 0 Å². The summed E-state index contributed by atoms with van der Waals surface area (Å²) < 4.78 is 0. The maximum atomic E-state index is 12.3. The monoisotopic (exact) mass is 458 g/mol. The van der Waals surface area contributed by atoms with Gasteiger partial charge >= 0.3 is 0 Å². The van der Waals surface area contributed by atoms with Crippen LogP contribution in [0, 0.1) is 12.8 Å². The molecule has 5 nitrogen and oxygen atoms in total. The van der Waals surface area contributed by atoms with E-state index in [1.807, 2.05) is 4.90 Å². The Balaban J connectivity index is 0.00000312. The zero-order valence-corrected chi connectivity index (χ0v) is 17.9. The number of likely N-dealkylation sites (tertiary alicyclic amines) is 1. The second kappa shape index (κ2) is 11.3. The van der Waals surface area contributed by atoms with Crippen LogP contribution in [0.3, 0.4) is 0 Å². The maximum Gasteiger partial charge on any atom is 0.224 e. The molecule has 6 heteroatoms. The fourth-order valence-corrected chi connectivity index (χ4v) is 3.09. The average Bonchev–Trinajstić information content (AvgIpc) is 2.57. The highest BCUT2D eigenvalue weighted by molar-refractivity contribution is 14.0. The lowest BCUT2D eigenvalue weighted by Crippen LogP contribution is -2.42. The van der Waals surface area contributed by atoms with Gasteiger partial charge in [0.25, 0.3) is 0 Å². The second-order valence-corrected chi connectivity index (χ2v) is 6.68. The molecular weight excluding hydrogens is 427 g/mol. The van der Waals surface area contributed by atoms with Gasteiger partial charge in [-0.05, 0) is 31.2 Å². The molecular formula is C19H31IN4O. The lowest BCUT2D eigenvalue weighted by Gasteiger charge is -2.31. The van der Waals surface area contributed by atoms with E-state index in [1.165, 1.54) is 17.5 Å². The summed E-state index contributed by atoms with van der Waals surface area (Å²) in [5, 5.41) is 6.51. The molecule has 0 spiro atoms. The molecule has 0 saturated carbocycles. The molecule has 1 aliphatic heterocycles. The van der Waals surface area contributed by atoms with Crippen molar-refractivity contribution < 1.29 is 4.79 Å². The normalized spacial score (nSPS) is 17.6. The number of carbonyl (C=O) groups is 1. The average molecular weight is 458 g/mol. The van der Waals surface area contributed by atoms with Gasteiger partial charge in [0.1, 0.15) is 0 Å². The fourth-order valence-electron chi connectivity index (χ4n) is 3.09. The summed E-state index contributed by atoms with van der Waals surface area (Å²) in [6.07, 6.45) is 2.87. The Hall–Kier alpha value is -1.31. The minimum atomic E-state index is 0. The first-order valence-corrected chi connectivity index (χ1v) is 8.86. The fraction of sp³-hybridized carbons (Fsp3) is 0.579. The minimum absolute atomic E-state index is 0. The third-order valence-corrected chi connectivity index (χ3v) is 4.41. The molecule has 0 radical (unpaired) electrons. The molecule has 1 fully saturated rings. The van der Waals surface area contributed by atoms with Gasteiger partial charge in [0, 0.05) is 39.6 Å². The summed E-state index contributed by atoms with van der Waals surface area (Å²) in [6, 6.07) is 8.39. The molecule has 1 aliphatic rings. The quantitative estimate of drug-likeness (QED) is 0.406. The van der Waals surface area contributed by atoms with Crippen molar-refractivity contribution in [1.29, 1.82) is 0 Å². The summed E-state index contributed by atoms with van der Waals surface area (Å²) >= 11 is 0. The number of carbonyl (C=O) groups excluding carboxylic acids is 1. The Bertz CT molecular complexity index is 576. The van der Waals surface area contributed by atoms with Crippen molar-refractivity contribution in [2.45, 2.75) is 39.7 Å². The second-order valence-electron chi connectivity index (χ2n) is 6.68. The first kappa shape index (κ1) is 21.7. The van der Waals surface area contributed by atoms with Crippen LogP contribution < -0.4 is 10.6 Å². The molecule has 0 bridgehead atoms. The van der Waals surface area contributed by atoms with E-state index in [0.717, 1.165) is 32.0 Å². The van der Waals surface area contributed by atoms with Gasteiger partial charge in [-0.1, -0.05) is 36.8 Å². The molecule has 2 N–H and O–H groups in total. The maximum absolute atomic E-state index is 12.3. The summed E-state index contributed by atoms with van der Waals surface area (Å²) in [5.74, 6) is 1.60. The van der Waals surface area contributed by atoms with Crippen molar-refractivity contribution in [3.05, 3.63) is 35.4 Å². The molecule has 1 saturated heterocycles. The first-order valence-electron chi connectivity index (χ1n) is 8.86. The largest absolute Gasteiger partial charge is 0.356 e. The number of aliphatic imine (C=N–C) groups is 1. The van der Waals surface area contributed by atoms with E-state index in [4.69, 9.17) is 0 Å². The molecule has 0 aliphatic carbocycles. The van der Waals surface area contributed by atoms with Crippen LogP contribution in [0.2, 0.25) is 0 Å². The van der Waals surface area contributed by atoms with Gasteiger partial charge in [-0.2, -0.15) is 0 Å². The SMILES string of the molecule is CN=C(NCCC(=O)N1CCCC(C)C1)NCc1cccc(C)c1.I. The third kappa shape index (κ3) is 7.63. The third-order valence-electron chi connectivity index (χ3n) is 4.41. The number of hydrogen-bond acceptors (Lipinski definition) is 2. The highest BCUT2D eigenvalue weighted by Crippen LogP contribution is 2.15. The Morgan fingerprint density at radius 2 is 2.16 bits per heavy atom. The summed E-state index contributed by atoms with van der Waals surface area (Å²) in [4.78, 5) is 18.5. The van der Waals surface area contributed by atoms with Crippen LogP contribution in [-0.2, 0) is 11.3 Å². The molecule has 1 amide bonds. The number of nitrogens with zero attached hydrogens (tertiary/aromatic N) is 2. The predicted octanol–water partition coefficient (Wildman–Crippen LogP) is 2.93. The van der Waals surface area contributed by atoms with Crippen molar-refractivity contribution in [2.75, 3.05) is 26.7 Å². The number of guanidine groups is 1. The van der Waals surface area contributed by atoms with E-state index in [0.29, 0.717) is 18.9 Å². The van der Waals surface area contributed by atoms with Crippen molar-refractivity contribution in [3.8, 4) is 0 Å². The van der Waals surface area contributed by atoms with Gasteiger partial charge in [-0.25, -0.2) is 0 Å². The topological polar surface area (TPSA) is 56.7 Å². The molecule has 1 aromatic rings. The number of aryl methyl sites for hydroxylation is 1. The van der Waals surface area contributed by atoms with Crippen LogP contribution in [0.25, 0.3) is 0 Å². The van der Waals surface area contributed by atoms with E-state index >= 15 is 0 Å². The molecule has 1 aromatic carbocycles. The zero-order valence-electron chi connectivity index (χ0n) is 15.5. The lowest BCUT2D eigenvalue weighted by atomic mass is 10.00. The smallest absolute Gasteiger partial charge is 0.224 e. The van der Waals surface area contributed by atoms with Crippen molar-refractivity contribution in [3.63, 3.8) is 0 Å². The highest BCUT2D eigenvalue weighted by atomic mass is 127. The van der Waals surface area contributed by atoms with E-state index in [1.54, 1.807) is 7.05 Å². The summed E-state index contributed by atoms with van der Waals surface area (Å²) in [6.45, 7) is 7.44. The van der Waals surface area contributed by atoms with E-state index in [2.05, 4.69) is 53.7 Å². The summed E-state index contributed by atoms with van der Waals surface area (Å²) in [7, 11) is 1.75. The Labute approximate surface area is 168 Å². The van der Waals surface area contributed by atoms with Crippen molar-refractivity contribution >= 4 is 35.8 Å². The van der Waals surface area contributed by atoms with Gasteiger partial charge in [-0.3, -0.25) is 9.79 Å². The minimum Gasteiger partial charge on any atom is -0.356 e. The highest BCUT2D eigenvalue weighted by Gasteiger charge is 2.20. The number of hydrogen-bond donors (Lipinski definition) is 2. The van der Waals surface area contributed by atoms with Crippen LogP contribution in [-0.4, -0.2) is 43.4 Å². The molecule has 1 unspecified atom stereocenters. The molecule has 1 heterocycles. The van der Waals surface area contributed by atoms with E-state index in [-0.39, 0.29) is 29.9 Å². The molecule has 0 aromatic heterocycles. The predicted molar refractivity (Wildman–Crippen MR) is 114 cm³/mol. The van der Waals surface area contributed by atoms with Gasteiger partial charge in [0.2, 0.25) is 5.91 Å². The molecule has 2 rings (SSSR count). The van der Waals surface area contributed by atoms with Crippen LogP contribution in [0.15, 0.2) is 29.3 Å². The Morgan fingerprint density at radius 1 is 1.36 bits per heavy atom.